The molecule has 0 N–H and O–H groups in total. The molecule has 0 atom stereocenters. The fourth-order valence-corrected chi connectivity index (χ4v) is 0. The first-order chi connectivity index (χ1) is 0. The minimum absolute atomic E-state index is 0. The van der Waals surface area contributed by atoms with Crippen molar-refractivity contribution in [1.82, 2.24) is 0 Å². The molecule has 0 amide bonds. The molecule has 0 rings (SSSR count). The van der Waals surface area contributed by atoms with Crippen LogP contribution in [0.4, 0.5) is 0 Å². The summed E-state index contributed by atoms with van der Waals surface area (Å²) in [5.74, 6) is 0. The van der Waals surface area contributed by atoms with E-state index in [1.54, 1.807) is 0 Å². The summed E-state index contributed by atoms with van der Waals surface area (Å²) in [6, 6.07) is 0. The number of rotatable bonds is 0. The van der Waals surface area contributed by atoms with Crippen LogP contribution >= 0.6 is 0 Å². The van der Waals surface area contributed by atoms with Gasteiger partial charge in [0, 0.05) is 60.6 Å². The first-order valence-electron chi connectivity index (χ1n) is 0. The molecule has 0 fully saturated rings. The van der Waals surface area contributed by atoms with Gasteiger partial charge in [0.1, 0.15) is 0 Å². The van der Waals surface area contributed by atoms with Gasteiger partial charge >= 0.3 is 0 Å². The van der Waals surface area contributed by atoms with Crippen LogP contribution in [0.15, 0.2) is 0 Å². The molecule has 0 aliphatic carbocycles. The fraction of sp³-hybridized carbons (Fsp3) is 0. The van der Waals surface area contributed by atoms with Crippen molar-refractivity contribution in [1.29, 1.82) is 0 Å². The fourth-order valence-electron chi connectivity index (χ4n) is 0. The molecule has 0 bridgehead atoms. The SMILES string of the molecule is [Cr].[Cu].[SiH4].[Zr]. The second kappa shape index (κ2) is 19.2. The quantitative estimate of drug-likeness (QED) is 0.453. The Morgan fingerprint density at radius 1 is 1.00 bits per heavy atom. The van der Waals surface area contributed by atoms with E-state index in [2.05, 4.69) is 0 Å². The van der Waals surface area contributed by atoms with Crippen molar-refractivity contribution in [2.45, 2.75) is 0 Å². The standard InChI is InChI=1S/Cr.Cu.H4Si.Zr/h;;1H4;. The van der Waals surface area contributed by atoms with E-state index < -0.39 is 0 Å². The van der Waals surface area contributed by atoms with Gasteiger partial charge in [0.15, 0.2) is 0 Å². The van der Waals surface area contributed by atoms with Crippen LogP contribution in [0.5, 0.6) is 0 Å². The van der Waals surface area contributed by atoms with Crippen molar-refractivity contribution in [3.63, 3.8) is 0 Å². The molecule has 1 radical (unpaired) electrons. The molecule has 0 aromatic rings. The molecule has 0 aliphatic heterocycles. The van der Waals surface area contributed by atoms with E-state index in [0.29, 0.717) is 0 Å². The molecule has 0 nitrogen and oxygen atoms in total. The predicted molar refractivity (Wildman–Crippen MR) is 11.3 cm³/mol. The molecule has 0 saturated heterocycles. The summed E-state index contributed by atoms with van der Waals surface area (Å²) < 4.78 is 0. The van der Waals surface area contributed by atoms with Gasteiger partial charge in [-0.3, -0.25) is 0 Å². The Bertz CT molecular complexity index is 8.00. The van der Waals surface area contributed by atoms with Gasteiger partial charge in [-0.05, 0) is 11.0 Å². The Kier molecular flexibility index (Phi) is 169. The Labute approximate surface area is 70.9 Å². The van der Waals surface area contributed by atoms with Crippen LogP contribution in [0.2, 0.25) is 0 Å². The van der Waals surface area contributed by atoms with Crippen LogP contribution in [-0.4, -0.2) is 11.0 Å². The smallest absolute Gasteiger partial charge is 0 e. The zero-order chi connectivity index (χ0) is 0. The summed E-state index contributed by atoms with van der Waals surface area (Å²) in [4.78, 5) is 0. The monoisotopic (exact) mass is 237 g/mol. The second-order valence-corrected chi connectivity index (χ2v) is 0. The van der Waals surface area contributed by atoms with Crippen molar-refractivity contribution in [2.75, 3.05) is 0 Å². The van der Waals surface area contributed by atoms with E-state index >= 15 is 0 Å². The second-order valence-electron chi connectivity index (χ2n) is 0. The minimum atomic E-state index is 0. The summed E-state index contributed by atoms with van der Waals surface area (Å²) in [7, 11) is 0. The molecule has 0 heterocycles. The third-order valence-electron chi connectivity index (χ3n) is 0. The van der Waals surface area contributed by atoms with E-state index in [1.807, 2.05) is 0 Å². The van der Waals surface area contributed by atoms with Gasteiger partial charge < -0.3 is 0 Å². The number of hydrogen-bond acceptors (Lipinski definition) is 0. The van der Waals surface area contributed by atoms with E-state index in [9.17, 15) is 0 Å². The van der Waals surface area contributed by atoms with Crippen molar-refractivity contribution in [3.05, 3.63) is 0 Å². The van der Waals surface area contributed by atoms with Gasteiger partial charge in [-0.2, -0.15) is 0 Å². The molecular weight excluding hydrogens is 235 g/mol. The first-order valence-corrected chi connectivity index (χ1v) is 0. The van der Waals surface area contributed by atoms with Gasteiger partial charge in [0.2, 0.25) is 0 Å². The van der Waals surface area contributed by atoms with Gasteiger partial charge in [0.25, 0.3) is 0 Å². The van der Waals surface area contributed by atoms with Crippen molar-refractivity contribution in [3.8, 4) is 0 Å². The van der Waals surface area contributed by atoms with Crippen molar-refractivity contribution in [2.24, 2.45) is 0 Å². The van der Waals surface area contributed by atoms with Crippen molar-refractivity contribution >= 4 is 11.0 Å². The zero-order valence-electron chi connectivity index (χ0n) is 1.21. The Hall–Kier alpha value is 2.15. The van der Waals surface area contributed by atoms with Gasteiger partial charge in [-0.15, -0.1) is 0 Å². The maximum atomic E-state index is 0. The maximum absolute atomic E-state index is 0. The van der Waals surface area contributed by atoms with Gasteiger partial charge in [-0.25, -0.2) is 0 Å². The molecular formula is H4CrCuSiZr. The van der Waals surface area contributed by atoms with Crippen LogP contribution in [-0.2, 0) is 60.6 Å². The number of hydrogen-bond donors (Lipinski definition) is 0. The van der Waals surface area contributed by atoms with Gasteiger partial charge in [0.05, 0.1) is 0 Å². The maximum Gasteiger partial charge on any atom is 0 e. The molecule has 4 heteroatoms. The molecule has 0 aromatic carbocycles. The van der Waals surface area contributed by atoms with E-state index in [-0.39, 0.29) is 71.6 Å². The average molecular weight is 239 g/mol. The zero-order valence-corrected chi connectivity index (χ0v) is 5.88. The van der Waals surface area contributed by atoms with E-state index in [1.165, 1.54) is 0 Å². The van der Waals surface area contributed by atoms with E-state index in [0.717, 1.165) is 0 Å². The first kappa shape index (κ1) is 35.3. The van der Waals surface area contributed by atoms with E-state index in [4.69, 9.17) is 0 Å². The molecule has 0 aliphatic rings. The minimum Gasteiger partial charge on any atom is -0.0149 e. The molecule has 0 unspecified atom stereocenters. The molecule has 0 spiro atoms. The molecule has 0 saturated carbocycles. The van der Waals surface area contributed by atoms with Crippen LogP contribution in [0.25, 0.3) is 0 Å². The van der Waals surface area contributed by atoms with Crippen LogP contribution < -0.4 is 0 Å². The summed E-state index contributed by atoms with van der Waals surface area (Å²) in [5.41, 5.74) is 0. The van der Waals surface area contributed by atoms with Gasteiger partial charge in [-0.1, -0.05) is 0 Å². The summed E-state index contributed by atoms with van der Waals surface area (Å²) in [6.45, 7) is 0. The summed E-state index contributed by atoms with van der Waals surface area (Å²) in [6.07, 6.45) is 0. The van der Waals surface area contributed by atoms with Crippen LogP contribution in [0, 0.1) is 0 Å². The average Bonchev–Trinajstić information content (AvgIpc) is 0. The topological polar surface area (TPSA) is 0 Å². The van der Waals surface area contributed by atoms with Crippen LogP contribution in [0.3, 0.4) is 0 Å². The molecule has 0 aromatic heterocycles. The normalized spacial score (nSPS) is 0. The Balaban J connectivity index is 0. The largest absolute Gasteiger partial charge is 0.0149 e. The van der Waals surface area contributed by atoms with Crippen LogP contribution in [0.1, 0.15) is 0 Å². The third-order valence-corrected chi connectivity index (χ3v) is 0. The molecule has 4 heavy (non-hydrogen) atoms. The third kappa shape index (κ3) is 8.91. The predicted octanol–water partition coefficient (Wildman–Crippen LogP) is -1.46. The molecule has 29 valence electrons. The Morgan fingerprint density at radius 3 is 1.00 bits per heavy atom. The van der Waals surface area contributed by atoms with Crippen molar-refractivity contribution < 1.29 is 60.6 Å². The Morgan fingerprint density at radius 2 is 1.00 bits per heavy atom. The summed E-state index contributed by atoms with van der Waals surface area (Å²) in [5, 5.41) is 0. The summed E-state index contributed by atoms with van der Waals surface area (Å²) >= 11 is 0.